The van der Waals surface area contributed by atoms with Crippen molar-refractivity contribution in [2.45, 2.75) is 57.0 Å². The van der Waals surface area contributed by atoms with Crippen molar-refractivity contribution in [3.63, 3.8) is 0 Å². The third-order valence-electron chi connectivity index (χ3n) is 5.06. The third-order valence-corrected chi connectivity index (χ3v) is 5.06. The Morgan fingerprint density at radius 1 is 1.16 bits per heavy atom. The lowest BCUT2D eigenvalue weighted by molar-refractivity contribution is -0.124. The summed E-state index contributed by atoms with van der Waals surface area (Å²) < 4.78 is 5.34. The largest absolute Gasteiger partial charge is 0.381 e. The van der Waals surface area contributed by atoms with Crippen molar-refractivity contribution in [2.24, 2.45) is 11.8 Å². The van der Waals surface area contributed by atoms with Gasteiger partial charge in [0.05, 0.1) is 12.6 Å². The molecule has 3 fully saturated rings. The highest BCUT2D eigenvalue weighted by molar-refractivity contribution is 5.81. The molecule has 2 N–H and O–H groups in total. The maximum Gasteiger partial charge on any atom is 0.237 e. The van der Waals surface area contributed by atoms with Gasteiger partial charge in [0.2, 0.25) is 5.91 Å². The average molecular weight is 266 g/mol. The van der Waals surface area contributed by atoms with E-state index in [-0.39, 0.29) is 11.9 Å². The molecule has 2 aliphatic heterocycles. The molecule has 2 saturated heterocycles. The van der Waals surface area contributed by atoms with E-state index in [0.29, 0.717) is 12.0 Å². The van der Waals surface area contributed by atoms with Crippen LogP contribution in [0.2, 0.25) is 0 Å². The van der Waals surface area contributed by atoms with E-state index < -0.39 is 0 Å². The molecule has 4 nitrogen and oxygen atoms in total. The van der Waals surface area contributed by atoms with Gasteiger partial charge in [-0.05, 0) is 38.0 Å². The van der Waals surface area contributed by atoms with E-state index in [4.69, 9.17) is 4.74 Å². The van der Waals surface area contributed by atoms with Gasteiger partial charge in [0.1, 0.15) is 0 Å². The van der Waals surface area contributed by atoms with E-state index in [1.165, 1.54) is 32.1 Å². The molecule has 3 aliphatic rings. The summed E-state index contributed by atoms with van der Waals surface area (Å²) in [5.41, 5.74) is 0. The van der Waals surface area contributed by atoms with Gasteiger partial charge < -0.3 is 15.4 Å². The summed E-state index contributed by atoms with van der Waals surface area (Å²) in [6.45, 7) is 2.44. The van der Waals surface area contributed by atoms with Gasteiger partial charge >= 0.3 is 0 Å². The van der Waals surface area contributed by atoms with Crippen LogP contribution in [0.5, 0.6) is 0 Å². The molecule has 0 spiro atoms. The van der Waals surface area contributed by atoms with Crippen LogP contribution in [0, 0.1) is 11.8 Å². The van der Waals surface area contributed by atoms with Crippen LogP contribution in [-0.4, -0.2) is 37.7 Å². The number of hydrogen-bond donors (Lipinski definition) is 2. The highest BCUT2D eigenvalue weighted by Gasteiger charge is 2.34. The smallest absolute Gasteiger partial charge is 0.237 e. The van der Waals surface area contributed by atoms with Crippen molar-refractivity contribution in [2.75, 3.05) is 19.8 Å². The lowest BCUT2D eigenvalue weighted by atomic mass is 9.77. The molecule has 108 valence electrons. The number of hydrogen-bond acceptors (Lipinski definition) is 3. The summed E-state index contributed by atoms with van der Waals surface area (Å²) in [6, 6.07) is 0.634. The zero-order valence-corrected chi connectivity index (χ0v) is 11.7. The molecule has 0 bridgehead atoms. The molecule has 0 aromatic rings. The average Bonchev–Trinajstić information content (AvgIpc) is 2.97. The Labute approximate surface area is 115 Å². The third kappa shape index (κ3) is 3.29. The number of carbonyl (C=O) groups is 1. The number of amides is 1. The van der Waals surface area contributed by atoms with Gasteiger partial charge in [-0.15, -0.1) is 0 Å². The number of fused-ring (bicyclic) bond motifs is 1. The molecule has 4 unspecified atom stereocenters. The van der Waals surface area contributed by atoms with E-state index in [2.05, 4.69) is 10.6 Å². The molecule has 0 aromatic heterocycles. The molecule has 19 heavy (non-hydrogen) atoms. The zero-order valence-electron chi connectivity index (χ0n) is 11.7. The maximum atomic E-state index is 12.2. The number of carbonyl (C=O) groups excluding carboxylic acids is 1. The second kappa shape index (κ2) is 6.23. The van der Waals surface area contributed by atoms with Crippen LogP contribution in [0.4, 0.5) is 0 Å². The fourth-order valence-corrected chi connectivity index (χ4v) is 3.81. The molecule has 4 atom stereocenters. The molecule has 3 rings (SSSR count). The molecular weight excluding hydrogens is 240 g/mol. The molecule has 4 heteroatoms. The Bertz CT molecular complexity index is 315. The summed E-state index contributed by atoms with van der Waals surface area (Å²) in [4.78, 5) is 12.2. The summed E-state index contributed by atoms with van der Waals surface area (Å²) in [5, 5.41) is 6.70. The van der Waals surface area contributed by atoms with Crippen LogP contribution in [0.25, 0.3) is 0 Å². The van der Waals surface area contributed by atoms with Crippen molar-refractivity contribution < 1.29 is 9.53 Å². The Morgan fingerprint density at radius 2 is 2.05 bits per heavy atom. The SMILES string of the molecule is O=C(NCC1CCOC1)C1CCC2CCCCC2N1. The van der Waals surface area contributed by atoms with Crippen molar-refractivity contribution >= 4 is 5.91 Å². The van der Waals surface area contributed by atoms with Gasteiger partial charge in [-0.1, -0.05) is 12.8 Å². The van der Waals surface area contributed by atoms with Crippen LogP contribution in [0.3, 0.4) is 0 Å². The van der Waals surface area contributed by atoms with Crippen molar-refractivity contribution in [3.05, 3.63) is 0 Å². The van der Waals surface area contributed by atoms with E-state index in [9.17, 15) is 4.79 Å². The first-order chi connectivity index (χ1) is 9.33. The summed E-state index contributed by atoms with van der Waals surface area (Å²) in [5.74, 6) is 1.55. The Balaban J connectivity index is 1.44. The van der Waals surface area contributed by atoms with E-state index in [1.54, 1.807) is 0 Å². The minimum Gasteiger partial charge on any atom is -0.381 e. The lowest BCUT2D eigenvalue weighted by Gasteiger charge is -2.40. The number of rotatable bonds is 3. The van der Waals surface area contributed by atoms with Gasteiger partial charge in [0.25, 0.3) is 0 Å². The highest BCUT2D eigenvalue weighted by atomic mass is 16.5. The molecule has 1 amide bonds. The second-order valence-electron chi connectivity index (χ2n) is 6.42. The van der Waals surface area contributed by atoms with Crippen LogP contribution < -0.4 is 10.6 Å². The zero-order chi connectivity index (χ0) is 13.1. The van der Waals surface area contributed by atoms with E-state index >= 15 is 0 Å². The number of ether oxygens (including phenoxy) is 1. The lowest BCUT2D eigenvalue weighted by Crippen LogP contribution is -2.55. The van der Waals surface area contributed by atoms with Crippen molar-refractivity contribution in [1.82, 2.24) is 10.6 Å². The van der Waals surface area contributed by atoms with E-state index in [1.807, 2.05) is 0 Å². The fraction of sp³-hybridized carbons (Fsp3) is 0.933. The number of piperidine rings is 1. The molecule has 2 heterocycles. The monoisotopic (exact) mass is 266 g/mol. The maximum absolute atomic E-state index is 12.2. The van der Waals surface area contributed by atoms with Crippen molar-refractivity contribution in [1.29, 1.82) is 0 Å². The van der Waals surface area contributed by atoms with Gasteiger partial charge in [0.15, 0.2) is 0 Å². The minimum atomic E-state index is 0.0432. The molecule has 0 radical (unpaired) electrons. The molecule has 1 aliphatic carbocycles. The summed E-state index contributed by atoms with van der Waals surface area (Å²) in [7, 11) is 0. The molecule has 1 saturated carbocycles. The normalized spacial score (nSPS) is 38.7. The molecular formula is C15H26N2O2. The first kappa shape index (κ1) is 13.4. The summed E-state index contributed by atoms with van der Waals surface area (Å²) >= 11 is 0. The topological polar surface area (TPSA) is 50.4 Å². The minimum absolute atomic E-state index is 0.0432. The predicted molar refractivity (Wildman–Crippen MR) is 73.8 cm³/mol. The predicted octanol–water partition coefficient (Wildman–Crippen LogP) is 1.45. The van der Waals surface area contributed by atoms with Crippen molar-refractivity contribution in [3.8, 4) is 0 Å². The van der Waals surface area contributed by atoms with Gasteiger partial charge in [0, 0.05) is 25.1 Å². The number of nitrogens with one attached hydrogen (secondary N) is 2. The van der Waals surface area contributed by atoms with Crippen LogP contribution >= 0.6 is 0 Å². The molecule has 0 aromatic carbocycles. The highest BCUT2D eigenvalue weighted by Crippen LogP contribution is 2.32. The van der Waals surface area contributed by atoms with Crippen LogP contribution in [-0.2, 0) is 9.53 Å². The standard InChI is InChI=1S/C15H26N2O2/c18-15(16-9-11-7-8-19-10-11)14-6-5-12-3-1-2-4-13(12)17-14/h11-14,17H,1-10H2,(H,16,18). The second-order valence-corrected chi connectivity index (χ2v) is 6.42. The van der Waals surface area contributed by atoms with E-state index in [0.717, 1.165) is 38.5 Å². The Hall–Kier alpha value is -0.610. The van der Waals surface area contributed by atoms with Crippen LogP contribution in [0.15, 0.2) is 0 Å². The Kier molecular flexibility index (Phi) is 4.38. The quantitative estimate of drug-likeness (QED) is 0.813. The summed E-state index contributed by atoms with van der Waals surface area (Å²) in [6.07, 6.45) is 8.62. The van der Waals surface area contributed by atoms with Gasteiger partial charge in [-0.2, -0.15) is 0 Å². The van der Waals surface area contributed by atoms with Gasteiger partial charge in [-0.25, -0.2) is 0 Å². The first-order valence-corrected chi connectivity index (χ1v) is 7.94. The fourth-order valence-electron chi connectivity index (χ4n) is 3.81. The Morgan fingerprint density at radius 3 is 2.89 bits per heavy atom. The van der Waals surface area contributed by atoms with Gasteiger partial charge in [-0.3, -0.25) is 4.79 Å². The first-order valence-electron chi connectivity index (χ1n) is 7.94. The van der Waals surface area contributed by atoms with Crippen LogP contribution in [0.1, 0.15) is 44.9 Å².